The van der Waals surface area contributed by atoms with Gasteiger partial charge in [0, 0.05) is 0 Å². The molecule has 0 radical (unpaired) electrons. The molecule has 1 aromatic rings. The molecule has 0 aromatic heterocycles. The van der Waals surface area contributed by atoms with Crippen LogP contribution < -0.4 is 5.73 Å². The van der Waals surface area contributed by atoms with Gasteiger partial charge in [0.15, 0.2) is 11.5 Å². The van der Waals surface area contributed by atoms with Crippen molar-refractivity contribution in [2.75, 3.05) is 6.54 Å². The van der Waals surface area contributed by atoms with Crippen LogP contribution in [0.25, 0.3) is 0 Å². The van der Waals surface area contributed by atoms with Crippen LogP contribution in [0, 0.1) is 0 Å². The van der Waals surface area contributed by atoms with Crippen molar-refractivity contribution in [2.24, 2.45) is 5.73 Å². The van der Waals surface area contributed by atoms with E-state index in [4.69, 9.17) is 15.9 Å². The fourth-order valence-electron chi connectivity index (χ4n) is 0.891. The van der Waals surface area contributed by atoms with Crippen molar-refractivity contribution in [1.29, 1.82) is 0 Å². The molecule has 0 amide bonds. The molecule has 0 saturated carbocycles. The van der Waals surface area contributed by atoms with E-state index in [1.54, 1.807) is 6.07 Å². The van der Waals surface area contributed by atoms with Crippen LogP contribution in [0.4, 0.5) is 0 Å². The van der Waals surface area contributed by atoms with Crippen molar-refractivity contribution in [1.82, 2.24) is 0 Å². The second-order valence-electron chi connectivity index (χ2n) is 2.36. The molecule has 0 aliphatic carbocycles. The van der Waals surface area contributed by atoms with E-state index < -0.39 is 0 Å². The van der Waals surface area contributed by atoms with Crippen molar-refractivity contribution in [3.05, 3.63) is 23.8 Å². The Balaban J connectivity index is 0.00000121. The van der Waals surface area contributed by atoms with Crippen LogP contribution in [0.5, 0.6) is 11.5 Å². The Hall–Kier alpha value is 0.261. The molecule has 1 rings (SSSR count). The molecule has 0 fully saturated rings. The van der Waals surface area contributed by atoms with Crippen LogP contribution in [-0.2, 0) is 6.42 Å². The minimum atomic E-state index is -0.0919. The van der Waals surface area contributed by atoms with Gasteiger partial charge in [-0.25, -0.2) is 0 Å². The van der Waals surface area contributed by atoms with Crippen LogP contribution >= 0.6 is 0 Å². The molecule has 1 aromatic carbocycles. The molecule has 0 spiro atoms. The Morgan fingerprint density at radius 2 is 1.83 bits per heavy atom. The van der Waals surface area contributed by atoms with Crippen molar-refractivity contribution < 1.29 is 10.2 Å². The molecule has 0 aliphatic rings. The van der Waals surface area contributed by atoms with Gasteiger partial charge in [-0.2, -0.15) is 0 Å². The molecule has 0 heterocycles. The quantitative estimate of drug-likeness (QED) is 0.492. The van der Waals surface area contributed by atoms with E-state index in [-0.39, 0.29) is 57.0 Å². The zero-order valence-electron chi connectivity index (χ0n) is 6.12. The summed E-state index contributed by atoms with van der Waals surface area (Å²) in [5.41, 5.74) is 6.24. The molecule has 3 nitrogen and oxygen atoms in total. The maximum atomic E-state index is 9.04. The number of nitrogens with two attached hydrogens (primary N) is 1. The van der Waals surface area contributed by atoms with Crippen molar-refractivity contribution >= 4 is 45.5 Å². The normalized spacial score (nSPS) is 9.08. The van der Waals surface area contributed by atoms with E-state index in [9.17, 15) is 0 Å². The fraction of sp³-hybridized carbons (Fsp3) is 0.250. The standard InChI is InChI=1S/C8H11NO2.Sr.2H/c9-4-3-6-1-2-7(10)8(11)5-6;;;/h1-2,5,10-11H,3-4,9H2;;;. The number of aromatic hydroxyl groups is 2. The maximum absolute atomic E-state index is 9.04. The first-order valence-electron chi connectivity index (χ1n) is 3.45. The predicted octanol–water partition coefficient (Wildman–Crippen LogP) is -0.317. The number of phenols is 2. The van der Waals surface area contributed by atoms with Crippen molar-refractivity contribution in [2.45, 2.75) is 6.42 Å². The second kappa shape index (κ2) is 5.83. The van der Waals surface area contributed by atoms with Crippen LogP contribution in [-0.4, -0.2) is 62.2 Å². The molecule has 4 heteroatoms. The molecular weight excluding hydrogens is 230 g/mol. The van der Waals surface area contributed by atoms with Gasteiger partial charge in [0.2, 0.25) is 0 Å². The van der Waals surface area contributed by atoms with Gasteiger partial charge in [0.25, 0.3) is 0 Å². The zero-order chi connectivity index (χ0) is 8.27. The second-order valence-corrected chi connectivity index (χ2v) is 2.36. The topological polar surface area (TPSA) is 66.5 Å². The van der Waals surface area contributed by atoms with Crippen LogP contribution in [0.2, 0.25) is 0 Å². The van der Waals surface area contributed by atoms with Crippen LogP contribution in [0.1, 0.15) is 5.56 Å². The summed E-state index contributed by atoms with van der Waals surface area (Å²) >= 11 is 0. The first-order valence-corrected chi connectivity index (χ1v) is 3.45. The summed E-state index contributed by atoms with van der Waals surface area (Å²) in [6.07, 6.45) is 0.716. The van der Waals surface area contributed by atoms with Gasteiger partial charge in [0.05, 0.1) is 0 Å². The third-order valence-corrected chi connectivity index (χ3v) is 1.47. The third-order valence-electron chi connectivity index (χ3n) is 1.47. The number of phenolic OH excluding ortho intramolecular Hbond substituents is 2. The molecule has 0 aliphatic heterocycles. The number of hydrogen-bond donors (Lipinski definition) is 3. The Labute approximate surface area is 108 Å². The summed E-state index contributed by atoms with van der Waals surface area (Å²) in [5.74, 6) is -0.179. The van der Waals surface area contributed by atoms with E-state index in [2.05, 4.69) is 0 Å². The van der Waals surface area contributed by atoms with Gasteiger partial charge >= 0.3 is 45.5 Å². The Morgan fingerprint density at radius 3 is 2.33 bits per heavy atom. The van der Waals surface area contributed by atoms with Crippen molar-refractivity contribution in [3.63, 3.8) is 0 Å². The minimum absolute atomic E-state index is 0. The molecule has 4 N–H and O–H groups in total. The Morgan fingerprint density at radius 1 is 1.17 bits per heavy atom. The summed E-state index contributed by atoms with van der Waals surface area (Å²) in [7, 11) is 0. The van der Waals surface area contributed by atoms with Gasteiger partial charge in [0.1, 0.15) is 0 Å². The van der Waals surface area contributed by atoms with Crippen molar-refractivity contribution in [3.8, 4) is 11.5 Å². The first kappa shape index (κ1) is 12.3. The van der Waals surface area contributed by atoms with E-state index in [0.29, 0.717) is 13.0 Å². The summed E-state index contributed by atoms with van der Waals surface area (Å²) in [5, 5.41) is 18.0. The Bertz CT molecular complexity index is 253. The van der Waals surface area contributed by atoms with E-state index >= 15 is 0 Å². The zero-order valence-corrected chi connectivity index (χ0v) is 6.12. The van der Waals surface area contributed by atoms with Gasteiger partial charge in [-0.05, 0) is 30.7 Å². The SMILES string of the molecule is NCCc1ccc(O)c(O)c1.[SrH2]. The average molecular weight is 243 g/mol. The number of rotatable bonds is 2. The molecule has 0 atom stereocenters. The third kappa shape index (κ3) is 3.33. The fourth-order valence-corrected chi connectivity index (χ4v) is 0.891. The summed E-state index contributed by atoms with van der Waals surface area (Å²) < 4.78 is 0. The molecule has 12 heavy (non-hydrogen) atoms. The average Bonchev–Trinajstić information content (AvgIpc) is 1.98. The molecule has 0 bridgehead atoms. The predicted molar refractivity (Wildman–Crippen MR) is 51.1 cm³/mol. The summed E-state index contributed by atoms with van der Waals surface area (Å²) in [6, 6.07) is 4.71. The molecule has 0 unspecified atom stereocenters. The molecule has 0 saturated heterocycles. The van der Waals surface area contributed by atoms with Crippen LogP contribution in [0.15, 0.2) is 18.2 Å². The van der Waals surface area contributed by atoms with Gasteiger partial charge in [-0.3, -0.25) is 0 Å². The van der Waals surface area contributed by atoms with Gasteiger partial charge in [-0.1, -0.05) is 6.07 Å². The number of hydrogen-bond acceptors (Lipinski definition) is 3. The van der Waals surface area contributed by atoms with E-state index in [0.717, 1.165) is 5.56 Å². The van der Waals surface area contributed by atoms with Crippen LogP contribution in [0.3, 0.4) is 0 Å². The summed E-state index contributed by atoms with van der Waals surface area (Å²) in [6.45, 7) is 0.546. The van der Waals surface area contributed by atoms with E-state index in [1.165, 1.54) is 12.1 Å². The molecular formula is C8H13NO2Sr. The monoisotopic (exact) mass is 243 g/mol. The molecule has 64 valence electrons. The Kier molecular flexibility index (Phi) is 5.96. The number of benzene rings is 1. The van der Waals surface area contributed by atoms with Gasteiger partial charge in [-0.15, -0.1) is 0 Å². The summed E-state index contributed by atoms with van der Waals surface area (Å²) in [4.78, 5) is 0. The van der Waals surface area contributed by atoms with E-state index in [1.807, 2.05) is 0 Å². The first-order chi connectivity index (χ1) is 5.24. The van der Waals surface area contributed by atoms with Gasteiger partial charge < -0.3 is 15.9 Å².